The fraction of sp³-hybridized carbons (Fsp3) is 0.154. The lowest BCUT2D eigenvalue weighted by Crippen LogP contribution is -2.08. The van der Waals surface area contributed by atoms with Crippen molar-refractivity contribution in [1.29, 1.82) is 0 Å². The Morgan fingerprint density at radius 3 is 2.35 bits per heavy atom. The fourth-order valence-electron chi connectivity index (χ4n) is 1.48. The lowest BCUT2D eigenvalue weighted by Gasteiger charge is -2.12. The molecule has 0 saturated heterocycles. The Labute approximate surface area is 123 Å². The standard InChI is InChI=1S/C13H8Cl2F3NO/c14-10-6-9(13(16,17)18)11(15)19-12(10)20-7-8-4-2-1-3-5-8/h1-6H,7H2. The lowest BCUT2D eigenvalue weighted by atomic mass is 10.2. The fourth-order valence-corrected chi connectivity index (χ4v) is 1.92. The third-order valence-corrected chi connectivity index (χ3v) is 2.98. The molecule has 0 fully saturated rings. The van der Waals surface area contributed by atoms with Gasteiger partial charge in [-0.05, 0) is 11.6 Å². The van der Waals surface area contributed by atoms with Crippen molar-refractivity contribution in [2.24, 2.45) is 0 Å². The Balaban J connectivity index is 2.20. The predicted octanol–water partition coefficient (Wildman–Crippen LogP) is 4.99. The van der Waals surface area contributed by atoms with E-state index in [1.165, 1.54) is 0 Å². The van der Waals surface area contributed by atoms with Crippen LogP contribution in [0.15, 0.2) is 36.4 Å². The van der Waals surface area contributed by atoms with Gasteiger partial charge in [0.2, 0.25) is 5.88 Å². The molecule has 2 nitrogen and oxygen atoms in total. The van der Waals surface area contributed by atoms with Gasteiger partial charge in [0.05, 0.1) is 5.56 Å². The molecule has 1 heterocycles. The number of pyridine rings is 1. The van der Waals surface area contributed by atoms with Crippen molar-refractivity contribution in [1.82, 2.24) is 4.98 Å². The first kappa shape index (κ1) is 14.9. The van der Waals surface area contributed by atoms with Crippen LogP contribution in [0.2, 0.25) is 10.2 Å². The minimum atomic E-state index is -4.61. The van der Waals surface area contributed by atoms with Crippen LogP contribution in [0.25, 0.3) is 0 Å². The first-order chi connectivity index (χ1) is 9.38. The summed E-state index contributed by atoms with van der Waals surface area (Å²) in [4.78, 5) is 3.55. The van der Waals surface area contributed by atoms with Crippen LogP contribution >= 0.6 is 23.2 Å². The lowest BCUT2D eigenvalue weighted by molar-refractivity contribution is -0.137. The zero-order valence-electron chi connectivity index (χ0n) is 9.92. The van der Waals surface area contributed by atoms with E-state index < -0.39 is 16.9 Å². The molecule has 0 aliphatic carbocycles. The third-order valence-electron chi connectivity index (χ3n) is 2.42. The van der Waals surface area contributed by atoms with Crippen molar-refractivity contribution in [3.8, 4) is 5.88 Å². The Morgan fingerprint density at radius 2 is 1.75 bits per heavy atom. The second-order valence-corrected chi connectivity index (χ2v) is 4.65. The average molecular weight is 322 g/mol. The zero-order valence-corrected chi connectivity index (χ0v) is 11.4. The van der Waals surface area contributed by atoms with Crippen LogP contribution in [0.1, 0.15) is 11.1 Å². The molecule has 0 amide bonds. The molecule has 0 bridgehead atoms. The molecule has 0 saturated carbocycles. The second-order valence-electron chi connectivity index (χ2n) is 3.89. The van der Waals surface area contributed by atoms with Crippen LogP contribution in [0.4, 0.5) is 13.2 Å². The maximum absolute atomic E-state index is 12.6. The van der Waals surface area contributed by atoms with E-state index in [0.29, 0.717) is 6.07 Å². The largest absolute Gasteiger partial charge is 0.472 e. The number of rotatable bonds is 3. The van der Waals surface area contributed by atoms with Gasteiger partial charge in [-0.3, -0.25) is 0 Å². The Morgan fingerprint density at radius 1 is 1.10 bits per heavy atom. The average Bonchev–Trinajstić information content (AvgIpc) is 2.39. The zero-order chi connectivity index (χ0) is 14.8. The maximum atomic E-state index is 12.6. The van der Waals surface area contributed by atoms with Crippen molar-refractivity contribution in [3.63, 3.8) is 0 Å². The second kappa shape index (κ2) is 5.89. The van der Waals surface area contributed by atoms with Crippen LogP contribution < -0.4 is 4.74 Å². The molecule has 20 heavy (non-hydrogen) atoms. The first-order valence-electron chi connectivity index (χ1n) is 5.48. The van der Waals surface area contributed by atoms with E-state index in [1.54, 1.807) is 12.1 Å². The molecule has 0 atom stereocenters. The highest BCUT2D eigenvalue weighted by Crippen LogP contribution is 2.38. The summed E-state index contributed by atoms with van der Waals surface area (Å²) in [7, 11) is 0. The Bertz CT molecular complexity index is 603. The molecule has 0 radical (unpaired) electrons. The molecular formula is C13H8Cl2F3NO. The van der Waals surface area contributed by atoms with Gasteiger partial charge in [-0.2, -0.15) is 18.2 Å². The highest BCUT2D eigenvalue weighted by atomic mass is 35.5. The van der Waals surface area contributed by atoms with E-state index in [9.17, 15) is 13.2 Å². The van der Waals surface area contributed by atoms with Crippen LogP contribution in [0, 0.1) is 0 Å². The van der Waals surface area contributed by atoms with Crippen molar-refractivity contribution in [2.75, 3.05) is 0 Å². The maximum Gasteiger partial charge on any atom is 0.419 e. The summed E-state index contributed by atoms with van der Waals surface area (Å²) in [5.74, 6) is -0.131. The van der Waals surface area contributed by atoms with Crippen molar-refractivity contribution >= 4 is 23.2 Å². The normalized spacial score (nSPS) is 11.4. The van der Waals surface area contributed by atoms with E-state index in [-0.39, 0.29) is 17.5 Å². The molecule has 2 aromatic rings. The first-order valence-corrected chi connectivity index (χ1v) is 6.23. The van der Waals surface area contributed by atoms with Crippen LogP contribution in [-0.2, 0) is 12.8 Å². The van der Waals surface area contributed by atoms with Gasteiger partial charge in [0, 0.05) is 0 Å². The molecule has 1 aromatic heterocycles. The van der Waals surface area contributed by atoms with E-state index in [4.69, 9.17) is 27.9 Å². The molecule has 0 spiro atoms. The Kier molecular flexibility index (Phi) is 4.40. The number of benzene rings is 1. The summed E-state index contributed by atoms with van der Waals surface area (Å²) in [5.41, 5.74) is -0.252. The van der Waals surface area contributed by atoms with Crippen molar-refractivity contribution in [3.05, 3.63) is 57.7 Å². The van der Waals surface area contributed by atoms with Gasteiger partial charge >= 0.3 is 6.18 Å². The number of nitrogens with zero attached hydrogens (tertiary/aromatic N) is 1. The van der Waals surface area contributed by atoms with Crippen molar-refractivity contribution in [2.45, 2.75) is 12.8 Å². The number of hydrogen-bond acceptors (Lipinski definition) is 2. The van der Waals surface area contributed by atoms with Crippen molar-refractivity contribution < 1.29 is 17.9 Å². The van der Waals surface area contributed by atoms with Crippen LogP contribution in [-0.4, -0.2) is 4.98 Å². The van der Waals surface area contributed by atoms with E-state index >= 15 is 0 Å². The van der Waals surface area contributed by atoms with Gasteiger partial charge in [0.1, 0.15) is 16.8 Å². The predicted molar refractivity (Wildman–Crippen MR) is 70.0 cm³/mol. The smallest absolute Gasteiger partial charge is 0.419 e. The molecule has 106 valence electrons. The van der Waals surface area contributed by atoms with Gasteiger partial charge in [-0.15, -0.1) is 0 Å². The van der Waals surface area contributed by atoms with Crippen LogP contribution in [0.5, 0.6) is 5.88 Å². The van der Waals surface area contributed by atoms with Gasteiger partial charge in [-0.25, -0.2) is 0 Å². The molecule has 0 aliphatic rings. The molecule has 1 aromatic carbocycles. The number of alkyl halides is 3. The molecule has 0 unspecified atom stereocenters. The summed E-state index contributed by atoms with van der Waals surface area (Å²) in [5, 5.41) is -0.928. The summed E-state index contributed by atoms with van der Waals surface area (Å²) in [6, 6.07) is 9.78. The van der Waals surface area contributed by atoms with E-state index in [1.807, 2.05) is 18.2 Å². The summed E-state index contributed by atoms with van der Waals surface area (Å²) in [6.07, 6.45) is -4.61. The van der Waals surface area contributed by atoms with Gasteiger partial charge in [0.25, 0.3) is 0 Å². The number of aromatic nitrogens is 1. The molecule has 7 heteroatoms. The topological polar surface area (TPSA) is 22.1 Å². The van der Waals surface area contributed by atoms with Gasteiger partial charge in [-0.1, -0.05) is 53.5 Å². The summed E-state index contributed by atoms with van der Waals surface area (Å²) >= 11 is 11.2. The van der Waals surface area contributed by atoms with E-state index in [2.05, 4.69) is 4.98 Å². The Hall–Kier alpha value is -1.46. The molecular weight excluding hydrogens is 314 g/mol. The highest BCUT2D eigenvalue weighted by Gasteiger charge is 2.35. The molecule has 2 rings (SSSR count). The number of halogens is 5. The van der Waals surface area contributed by atoms with Crippen LogP contribution in [0.3, 0.4) is 0 Å². The minimum Gasteiger partial charge on any atom is -0.472 e. The van der Waals surface area contributed by atoms with Gasteiger partial charge in [0.15, 0.2) is 0 Å². The quantitative estimate of drug-likeness (QED) is 0.743. The number of ether oxygens (including phenoxy) is 1. The third kappa shape index (κ3) is 3.55. The molecule has 0 aliphatic heterocycles. The van der Waals surface area contributed by atoms with E-state index in [0.717, 1.165) is 5.56 Å². The molecule has 0 N–H and O–H groups in total. The SMILES string of the molecule is FC(F)(F)c1cc(Cl)c(OCc2ccccc2)nc1Cl. The highest BCUT2D eigenvalue weighted by molar-refractivity contribution is 6.33. The summed E-state index contributed by atoms with van der Waals surface area (Å²) < 4.78 is 43.0. The summed E-state index contributed by atoms with van der Waals surface area (Å²) in [6.45, 7) is 0.134. The minimum absolute atomic E-state index is 0.131. The monoisotopic (exact) mass is 321 g/mol. The van der Waals surface area contributed by atoms with Gasteiger partial charge < -0.3 is 4.74 Å². The number of hydrogen-bond donors (Lipinski definition) is 0.